The summed E-state index contributed by atoms with van der Waals surface area (Å²) in [6.07, 6.45) is 1.85. The van der Waals surface area contributed by atoms with Gasteiger partial charge in [-0.3, -0.25) is 9.59 Å². The maximum Gasteiger partial charge on any atom is 0.254 e. The van der Waals surface area contributed by atoms with Crippen molar-refractivity contribution in [2.45, 2.75) is 25.8 Å². The highest BCUT2D eigenvalue weighted by molar-refractivity contribution is 5.95. The first-order valence-corrected chi connectivity index (χ1v) is 7.06. The Balaban J connectivity index is 1.69. The first-order valence-electron chi connectivity index (χ1n) is 7.06. The third-order valence-electron chi connectivity index (χ3n) is 3.95. The van der Waals surface area contributed by atoms with E-state index in [1.807, 2.05) is 23.1 Å². The average Bonchev–Trinajstić information content (AvgIpc) is 3.04. The van der Waals surface area contributed by atoms with Crippen molar-refractivity contribution in [3.8, 4) is 0 Å². The van der Waals surface area contributed by atoms with Crippen molar-refractivity contribution in [3.63, 3.8) is 0 Å². The monoisotopic (exact) mass is 273 g/mol. The number of amides is 2. The van der Waals surface area contributed by atoms with Crippen LogP contribution in [0.25, 0.3) is 0 Å². The van der Waals surface area contributed by atoms with Crippen LogP contribution in [0.1, 0.15) is 29.3 Å². The van der Waals surface area contributed by atoms with Crippen LogP contribution in [0.3, 0.4) is 0 Å². The predicted octanol–water partition coefficient (Wildman–Crippen LogP) is 1.01. The first kappa shape index (κ1) is 13.0. The summed E-state index contributed by atoms with van der Waals surface area (Å²) in [5, 5.41) is 6.17. The molecule has 2 heterocycles. The summed E-state index contributed by atoms with van der Waals surface area (Å²) in [6, 6.07) is 5.96. The number of nitrogens with one attached hydrogen (secondary N) is 2. The number of fused-ring (bicyclic) bond motifs is 1. The van der Waals surface area contributed by atoms with Crippen molar-refractivity contribution >= 4 is 17.5 Å². The number of rotatable bonds is 2. The van der Waals surface area contributed by atoms with Crippen LogP contribution < -0.4 is 10.6 Å². The molecule has 2 amide bonds. The van der Waals surface area contributed by atoms with Gasteiger partial charge in [-0.05, 0) is 30.5 Å². The van der Waals surface area contributed by atoms with Gasteiger partial charge in [-0.25, -0.2) is 0 Å². The number of carbonyl (C=O) groups is 2. The molecule has 2 aliphatic heterocycles. The van der Waals surface area contributed by atoms with Gasteiger partial charge in [0, 0.05) is 43.9 Å². The van der Waals surface area contributed by atoms with E-state index in [9.17, 15) is 9.59 Å². The van der Waals surface area contributed by atoms with Crippen LogP contribution in [0, 0.1) is 0 Å². The van der Waals surface area contributed by atoms with Crippen LogP contribution in [0.4, 0.5) is 5.69 Å². The summed E-state index contributed by atoms with van der Waals surface area (Å²) < 4.78 is 0. The number of hydrogen-bond donors (Lipinski definition) is 2. The zero-order valence-corrected chi connectivity index (χ0v) is 11.6. The van der Waals surface area contributed by atoms with E-state index in [-0.39, 0.29) is 17.9 Å². The fraction of sp³-hybridized carbons (Fsp3) is 0.467. The van der Waals surface area contributed by atoms with Gasteiger partial charge in [0.25, 0.3) is 5.91 Å². The largest absolute Gasteiger partial charge is 0.384 e. The van der Waals surface area contributed by atoms with Crippen molar-refractivity contribution < 1.29 is 9.59 Å². The van der Waals surface area contributed by atoms with Gasteiger partial charge in [0.05, 0.1) is 0 Å². The Kier molecular flexibility index (Phi) is 3.34. The second-order valence-corrected chi connectivity index (χ2v) is 5.49. The highest BCUT2D eigenvalue weighted by Gasteiger charge is 2.27. The van der Waals surface area contributed by atoms with Crippen molar-refractivity contribution in [3.05, 3.63) is 29.3 Å². The van der Waals surface area contributed by atoms with Gasteiger partial charge in [0.1, 0.15) is 0 Å². The summed E-state index contributed by atoms with van der Waals surface area (Å²) >= 11 is 0. The van der Waals surface area contributed by atoms with Gasteiger partial charge in [-0.15, -0.1) is 0 Å². The van der Waals surface area contributed by atoms with Gasteiger partial charge >= 0.3 is 0 Å². The molecule has 106 valence electrons. The molecule has 5 nitrogen and oxygen atoms in total. The van der Waals surface area contributed by atoms with E-state index in [4.69, 9.17) is 0 Å². The summed E-state index contributed by atoms with van der Waals surface area (Å²) in [6.45, 7) is 3.76. The van der Waals surface area contributed by atoms with E-state index >= 15 is 0 Å². The van der Waals surface area contributed by atoms with E-state index in [1.54, 1.807) is 0 Å². The average molecular weight is 273 g/mol. The SMILES string of the molecule is CC(=O)NC1CCN(C(=O)c2ccc3c(c2)NCC3)C1. The minimum Gasteiger partial charge on any atom is -0.384 e. The fourth-order valence-corrected chi connectivity index (χ4v) is 2.96. The smallest absolute Gasteiger partial charge is 0.254 e. The molecule has 0 saturated carbocycles. The molecule has 1 aromatic carbocycles. The third kappa shape index (κ3) is 2.48. The lowest BCUT2D eigenvalue weighted by Gasteiger charge is -2.17. The molecule has 1 aromatic rings. The number of likely N-dealkylation sites (tertiary alicyclic amines) is 1. The van der Waals surface area contributed by atoms with Crippen LogP contribution in [-0.4, -0.2) is 42.4 Å². The lowest BCUT2D eigenvalue weighted by Crippen LogP contribution is -2.37. The molecule has 1 unspecified atom stereocenters. The molecule has 1 atom stereocenters. The number of nitrogens with zero attached hydrogens (tertiary/aromatic N) is 1. The molecule has 1 saturated heterocycles. The lowest BCUT2D eigenvalue weighted by molar-refractivity contribution is -0.119. The van der Waals surface area contributed by atoms with Crippen molar-refractivity contribution in [2.75, 3.05) is 25.0 Å². The van der Waals surface area contributed by atoms with Gasteiger partial charge in [0.2, 0.25) is 5.91 Å². The van der Waals surface area contributed by atoms with Crippen molar-refractivity contribution in [2.24, 2.45) is 0 Å². The molecular weight excluding hydrogens is 254 g/mol. The zero-order valence-electron chi connectivity index (χ0n) is 11.6. The van der Waals surface area contributed by atoms with Gasteiger partial charge in [0.15, 0.2) is 0 Å². The summed E-state index contributed by atoms with van der Waals surface area (Å²) in [7, 11) is 0. The zero-order chi connectivity index (χ0) is 14.1. The maximum atomic E-state index is 12.5. The quantitative estimate of drug-likeness (QED) is 0.845. The minimum absolute atomic E-state index is 0.0361. The molecule has 3 rings (SSSR count). The van der Waals surface area contributed by atoms with Crippen LogP contribution in [0.15, 0.2) is 18.2 Å². The Morgan fingerprint density at radius 3 is 3.05 bits per heavy atom. The van der Waals surface area contributed by atoms with Crippen molar-refractivity contribution in [1.29, 1.82) is 0 Å². The number of anilines is 1. The van der Waals surface area contributed by atoms with Gasteiger partial charge in [-0.2, -0.15) is 0 Å². The number of hydrogen-bond acceptors (Lipinski definition) is 3. The Labute approximate surface area is 118 Å². The topological polar surface area (TPSA) is 61.4 Å². The van der Waals surface area contributed by atoms with E-state index in [0.29, 0.717) is 13.1 Å². The highest BCUT2D eigenvalue weighted by Crippen LogP contribution is 2.24. The Bertz CT molecular complexity index is 556. The fourth-order valence-electron chi connectivity index (χ4n) is 2.96. The lowest BCUT2D eigenvalue weighted by atomic mass is 10.1. The van der Waals surface area contributed by atoms with Crippen molar-refractivity contribution in [1.82, 2.24) is 10.2 Å². The van der Waals surface area contributed by atoms with Gasteiger partial charge in [-0.1, -0.05) is 6.07 Å². The molecular formula is C15H19N3O2. The Morgan fingerprint density at radius 2 is 2.25 bits per heavy atom. The van der Waals surface area contributed by atoms with Crippen LogP contribution in [0.2, 0.25) is 0 Å². The van der Waals surface area contributed by atoms with E-state index in [0.717, 1.165) is 30.6 Å². The van der Waals surface area contributed by atoms with Gasteiger partial charge < -0.3 is 15.5 Å². The summed E-state index contributed by atoms with van der Waals surface area (Å²) in [4.78, 5) is 25.3. The van der Waals surface area contributed by atoms with E-state index in [2.05, 4.69) is 10.6 Å². The Hall–Kier alpha value is -2.04. The second-order valence-electron chi connectivity index (χ2n) is 5.49. The number of carbonyl (C=O) groups excluding carboxylic acids is 2. The predicted molar refractivity (Wildman–Crippen MR) is 76.8 cm³/mol. The minimum atomic E-state index is -0.0361. The highest BCUT2D eigenvalue weighted by atomic mass is 16.2. The second kappa shape index (κ2) is 5.15. The molecule has 0 aliphatic carbocycles. The van der Waals surface area contributed by atoms with Crippen LogP contribution >= 0.6 is 0 Å². The molecule has 5 heteroatoms. The maximum absolute atomic E-state index is 12.5. The molecule has 1 fully saturated rings. The molecule has 2 aliphatic rings. The molecule has 2 N–H and O–H groups in total. The molecule has 20 heavy (non-hydrogen) atoms. The van der Waals surface area contributed by atoms with E-state index in [1.165, 1.54) is 12.5 Å². The third-order valence-corrected chi connectivity index (χ3v) is 3.95. The summed E-state index contributed by atoms with van der Waals surface area (Å²) in [5.41, 5.74) is 3.08. The molecule has 0 spiro atoms. The molecule has 0 aromatic heterocycles. The normalized spacial score (nSPS) is 20.4. The Morgan fingerprint density at radius 1 is 1.40 bits per heavy atom. The first-order chi connectivity index (χ1) is 9.63. The molecule has 0 radical (unpaired) electrons. The number of benzene rings is 1. The van der Waals surface area contributed by atoms with E-state index < -0.39 is 0 Å². The molecule has 0 bridgehead atoms. The van der Waals surface area contributed by atoms with Crippen LogP contribution in [0.5, 0.6) is 0 Å². The standard InChI is InChI=1S/C15H19N3O2/c1-10(19)17-13-5-7-18(9-13)15(20)12-3-2-11-4-6-16-14(11)8-12/h2-3,8,13,16H,4-7,9H2,1H3,(H,17,19). The summed E-state index contributed by atoms with van der Waals surface area (Å²) in [5.74, 6) is 0.0142. The van der Waals surface area contributed by atoms with Crippen LogP contribution in [-0.2, 0) is 11.2 Å².